The third-order valence-electron chi connectivity index (χ3n) is 8.95. The highest BCUT2D eigenvalue weighted by atomic mass is 16.5. The average molecular weight is 583 g/mol. The van der Waals surface area contributed by atoms with E-state index in [0.717, 1.165) is 63.0 Å². The van der Waals surface area contributed by atoms with Crippen LogP contribution >= 0.6 is 0 Å². The summed E-state index contributed by atoms with van der Waals surface area (Å²) < 4.78 is 10.6. The van der Waals surface area contributed by atoms with Gasteiger partial charge in [-0.1, -0.05) is 49.6 Å². The van der Waals surface area contributed by atoms with Crippen LogP contribution in [-0.4, -0.2) is 66.7 Å². The maximum absolute atomic E-state index is 13.3. The maximum Gasteiger partial charge on any atom is 0.302 e. The first kappa shape index (κ1) is 33.4. The first-order chi connectivity index (χ1) is 20.1. The zero-order valence-electron chi connectivity index (χ0n) is 25.8. The summed E-state index contributed by atoms with van der Waals surface area (Å²) >= 11 is 0. The number of allylic oxidation sites excluding steroid dienone is 2. The highest BCUT2D eigenvalue weighted by molar-refractivity contribution is 6.04. The van der Waals surface area contributed by atoms with Crippen molar-refractivity contribution in [2.24, 2.45) is 11.3 Å². The molecule has 0 aromatic heterocycles. The number of aliphatic hydroxyl groups is 1. The molecule has 3 rings (SSSR count). The van der Waals surface area contributed by atoms with Crippen molar-refractivity contribution in [3.8, 4) is 0 Å². The SMILES string of the molecule is C=C/C=C(\O)C(=O)N(c1ccc(C)cc1)C1CCN(CCC2(CCC(COC(C)=O)COC(C)=O)CCCCC2)CC1. The third-order valence-corrected chi connectivity index (χ3v) is 8.95. The topological polar surface area (TPSA) is 96.4 Å². The van der Waals surface area contributed by atoms with Crippen LogP contribution in [0.3, 0.4) is 0 Å². The van der Waals surface area contributed by atoms with Gasteiger partial charge in [0.25, 0.3) is 5.91 Å². The molecule has 1 heterocycles. The number of hydrogen-bond donors (Lipinski definition) is 1. The number of likely N-dealkylation sites (tertiary alicyclic amines) is 1. The number of hydrogen-bond acceptors (Lipinski definition) is 7. The number of benzene rings is 1. The van der Waals surface area contributed by atoms with Crippen molar-refractivity contribution in [3.05, 3.63) is 54.3 Å². The molecule has 1 amide bonds. The van der Waals surface area contributed by atoms with Crippen LogP contribution in [0.4, 0.5) is 5.69 Å². The van der Waals surface area contributed by atoms with Crippen LogP contribution in [0.2, 0.25) is 0 Å². The van der Waals surface area contributed by atoms with Crippen LogP contribution in [0.15, 0.2) is 48.8 Å². The van der Waals surface area contributed by atoms with Gasteiger partial charge >= 0.3 is 11.9 Å². The Balaban J connectivity index is 1.61. The first-order valence-corrected chi connectivity index (χ1v) is 15.5. The van der Waals surface area contributed by atoms with E-state index in [-0.39, 0.29) is 48.3 Å². The van der Waals surface area contributed by atoms with E-state index < -0.39 is 5.91 Å². The molecule has 8 nitrogen and oxygen atoms in total. The Bertz CT molecular complexity index is 1050. The molecule has 42 heavy (non-hydrogen) atoms. The lowest BCUT2D eigenvalue weighted by atomic mass is 9.68. The molecule has 8 heteroatoms. The van der Waals surface area contributed by atoms with E-state index in [1.54, 1.807) is 4.90 Å². The van der Waals surface area contributed by atoms with Crippen molar-refractivity contribution in [1.82, 2.24) is 4.90 Å². The molecule has 0 atom stereocenters. The second kappa shape index (κ2) is 16.5. The van der Waals surface area contributed by atoms with Gasteiger partial charge in [0, 0.05) is 44.6 Å². The number of esters is 2. The summed E-state index contributed by atoms with van der Waals surface area (Å²) in [5, 5.41) is 10.4. The molecule has 0 radical (unpaired) electrons. The van der Waals surface area contributed by atoms with Crippen molar-refractivity contribution >= 4 is 23.5 Å². The molecule has 0 spiro atoms. The standard InChI is InChI=1S/C34H50N2O6/c1-5-9-32(39)33(40)36(30-12-10-26(2)11-13-30)31-15-21-35(22-16-31)23-20-34(17-7-6-8-18-34)19-14-29(24-41-27(3)37)25-42-28(4)38/h5,9-13,29,31,39H,1,6-8,14-25H2,2-4H3/b32-9-. The number of piperidine rings is 1. The van der Waals surface area contributed by atoms with Crippen molar-refractivity contribution in [2.75, 3.05) is 37.7 Å². The summed E-state index contributed by atoms with van der Waals surface area (Å²) in [6.07, 6.45) is 13.6. The Morgan fingerprint density at radius 2 is 1.62 bits per heavy atom. The van der Waals surface area contributed by atoms with Crippen LogP contribution in [0.1, 0.15) is 83.6 Å². The molecule has 0 unspecified atom stereocenters. The number of rotatable bonds is 14. The van der Waals surface area contributed by atoms with Crippen LogP contribution in [-0.2, 0) is 23.9 Å². The number of anilines is 1. The molecule has 1 aliphatic carbocycles. The summed E-state index contributed by atoms with van der Waals surface area (Å²) in [4.78, 5) is 40.4. The zero-order valence-corrected chi connectivity index (χ0v) is 25.8. The largest absolute Gasteiger partial charge is 0.503 e. The number of ether oxygens (including phenoxy) is 2. The van der Waals surface area contributed by atoms with Gasteiger partial charge in [0.1, 0.15) is 0 Å². The van der Waals surface area contributed by atoms with Crippen molar-refractivity contribution in [3.63, 3.8) is 0 Å². The van der Waals surface area contributed by atoms with E-state index in [9.17, 15) is 19.5 Å². The molecule has 1 N–H and O–H groups in total. The van der Waals surface area contributed by atoms with Crippen molar-refractivity contribution in [1.29, 1.82) is 0 Å². The summed E-state index contributed by atoms with van der Waals surface area (Å²) in [6.45, 7) is 11.8. The number of amides is 1. The minimum absolute atomic E-state index is 0.00349. The van der Waals surface area contributed by atoms with Gasteiger partial charge < -0.3 is 24.4 Å². The monoisotopic (exact) mass is 582 g/mol. The summed E-state index contributed by atoms with van der Waals surface area (Å²) in [6, 6.07) is 7.88. The maximum atomic E-state index is 13.3. The molecule has 1 saturated heterocycles. The number of carbonyl (C=O) groups is 3. The fraction of sp³-hybridized carbons (Fsp3) is 0.618. The molecule has 232 valence electrons. The fourth-order valence-corrected chi connectivity index (χ4v) is 6.42. The van der Waals surface area contributed by atoms with Gasteiger partial charge in [-0.2, -0.15) is 0 Å². The Kier molecular flexibility index (Phi) is 13.1. The van der Waals surface area contributed by atoms with E-state index >= 15 is 0 Å². The highest BCUT2D eigenvalue weighted by Gasteiger charge is 2.35. The second-order valence-corrected chi connectivity index (χ2v) is 12.2. The van der Waals surface area contributed by atoms with Gasteiger partial charge in [-0.15, -0.1) is 0 Å². The third kappa shape index (κ3) is 10.3. The van der Waals surface area contributed by atoms with E-state index in [1.165, 1.54) is 58.1 Å². The second-order valence-electron chi connectivity index (χ2n) is 12.2. The zero-order chi connectivity index (χ0) is 30.5. The van der Waals surface area contributed by atoms with E-state index in [1.807, 2.05) is 31.2 Å². The Hall–Kier alpha value is -3.13. The normalized spacial score (nSPS) is 18.0. The Morgan fingerprint density at radius 1 is 1.02 bits per heavy atom. The summed E-state index contributed by atoms with van der Waals surface area (Å²) in [5.41, 5.74) is 2.16. The van der Waals surface area contributed by atoms with Crippen LogP contribution in [0, 0.1) is 18.3 Å². The van der Waals surface area contributed by atoms with E-state index in [2.05, 4.69) is 11.5 Å². The van der Waals surface area contributed by atoms with Gasteiger partial charge in [0.2, 0.25) is 0 Å². The Morgan fingerprint density at radius 3 is 2.17 bits per heavy atom. The molecule has 1 aromatic rings. The number of aryl methyl sites for hydroxylation is 1. The summed E-state index contributed by atoms with van der Waals surface area (Å²) in [5.74, 6) is -1.31. The summed E-state index contributed by atoms with van der Waals surface area (Å²) in [7, 11) is 0. The molecule has 0 bridgehead atoms. The number of carbonyl (C=O) groups excluding carboxylic acids is 3. The molecule has 1 saturated carbocycles. The van der Waals surface area contributed by atoms with Gasteiger partial charge in [-0.3, -0.25) is 14.4 Å². The smallest absolute Gasteiger partial charge is 0.302 e. The van der Waals surface area contributed by atoms with Gasteiger partial charge in [-0.25, -0.2) is 0 Å². The highest BCUT2D eigenvalue weighted by Crippen LogP contribution is 2.44. The van der Waals surface area contributed by atoms with Gasteiger partial charge in [0.05, 0.1) is 13.2 Å². The van der Waals surface area contributed by atoms with Gasteiger partial charge in [0.15, 0.2) is 5.76 Å². The lowest BCUT2D eigenvalue weighted by Crippen LogP contribution is -2.48. The van der Waals surface area contributed by atoms with Crippen LogP contribution < -0.4 is 4.90 Å². The first-order valence-electron chi connectivity index (χ1n) is 15.5. The number of nitrogens with zero attached hydrogens (tertiary/aromatic N) is 2. The molecular formula is C34H50N2O6. The van der Waals surface area contributed by atoms with Crippen LogP contribution in [0.5, 0.6) is 0 Å². The molecule has 1 aliphatic heterocycles. The van der Waals surface area contributed by atoms with Gasteiger partial charge in [-0.05, 0) is 82.0 Å². The van der Waals surface area contributed by atoms with Crippen molar-refractivity contribution in [2.45, 2.75) is 91.0 Å². The minimum atomic E-state index is -0.393. The van der Waals surface area contributed by atoms with E-state index in [0.29, 0.717) is 0 Å². The quantitative estimate of drug-likeness (QED) is 0.119. The molecule has 2 aliphatic rings. The lowest BCUT2D eigenvalue weighted by Gasteiger charge is -2.42. The van der Waals surface area contributed by atoms with Crippen LogP contribution in [0.25, 0.3) is 0 Å². The van der Waals surface area contributed by atoms with E-state index in [4.69, 9.17) is 9.47 Å². The Labute approximate surface area is 251 Å². The minimum Gasteiger partial charge on any atom is -0.503 e. The molecule has 1 aromatic carbocycles. The van der Waals surface area contributed by atoms with Crippen molar-refractivity contribution < 1.29 is 29.0 Å². The molecular weight excluding hydrogens is 532 g/mol. The number of aliphatic hydroxyl groups excluding tert-OH is 1. The average Bonchev–Trinajstić information content (AvgIpc) is 2.98. The molecule has 2 fully saturated rings. The lowest BCUT2D eigenvalue weighted by molar-refractivity contribution is -0.146. The fourth-order valence-electron chi connectivity index (χ4n) is 6.42. The predicted molar refractivity (Wildman–Crippen MR) is 165 cm³/mol. The predicted octanol–water partition coefficient (Wildman–Crippen LogP) is 6.28.